The predicted octanol–water partition coefficient (Wildman–Crippen LogP) is 13.8. The maximum absolute atomic E-state index is 7.54. The van der Waals surface area contributed by atoms with Crippen molar-refractivity contribution in [3.05, 3.63) is 0 Å². The number of hydrogen-bond acceptors (Lipinski definition) is 4. The molecule has 58 heavy (non-hydrogen) atoms. The lowest BCUT2D eigenvalue weighted by Gasteiger charge is -2.52. The van der Waals surface area contributed by atoms with Crippen LogP contribution in [0.2, 0.25) is 0 Å². The molecule has 9 aliphatic carbocycles. The number of rotatable bonds is 6. The Balaban J connectivity index is 0.717. The molecule has 0 aromatic heterocycles. The highest BCUT2D eigenvalue weighted by atomic mass is 32.2. The van der Waals surface area contributed by atoms with Gasteiger partial charge in [-0.2, -0.15) is 11.8 Å². The lowest BCUT2D eigenvalue weighted by Crippen LogP contribution is -2.54. The lowest BCUT2D eigenvalue weighted by atomic mass is 9.62. The van der Waals surface area contributed by atoms with E-state index in [0.29, 0.717) is 24.4 Å². The smallest absolute Gasteiger partial charge is 0.0667 e. The minimum atomic E-state index is 0.521. The highest BCUT2D eigenvalue weighted by Gasteiger charge is 2.60. The Kier molecular flexibility index (Phi) is 11.9. The van der Waals surface area contributed by atoms with Gasteiger partial charge in [-0.05, 0) is 206 Å². The topological polar surface area (TPSA) is 21.7 Å². The molecule has 14 atom stereocenters. The zero-order valence-corrected chi connectivity index (χ0v) is 37.9. The van der Waals surface area contributed by atoms with Crippen molar-refractivity contribution in [2.75, 3.05) is 0 Å². The average molecular weight is 814 g/mol. The van der Waals surface area contributed by atoms with Gasteiger partial charge >= 0.3 is 0 Å². The van der Waals surface area contributed by atoms with E-state index in [2.05, 4.69) is 16.7 Å². The molecule has 12 rings (SSSR count). The fourth-order valence-electron chi connectivity index (χ4n) is 19.5. The molecule has 14 unspecified atom stereocenters. The predicted molar refractivity (Wildman–Crippen MR) is 240 cm³/mol. The normalized spacial score (nSPS) is 53.5. The fourth-order valence-corrected chi connectivity index (χ4v) is 21.8. The molecular formula is C54H87NO2S. The van der Waals surface area contributed by atoms with Gasteiger partial charge in [0.25, 0.3) is 0 Å². The van der Waals surface area contributed by atoms with Crippen molar-refractivity contribution in [3.8, 4) is 0 Å². The van der Waals surface area contributed by atoms with Gasteiger partial charge in [0.05, 0.1) is 24.4 Å². The van der Waals surface area contributed by atoms with Crippen LogP contribution in [0.5, 0.6) is 0 Å². The van der Waals surface area contributed by atoms with Gasteiger partial charge in [-0.3, -0.25) is 4.90 Å². The number of fused-ring (bicyclic) bond motifs is 10. The van der Waals surface area contributed by atoms with Crippen LogP contribution in [0, 0.1) is 71.0 Å². The summed E-state index contributed by atoms with van der Waals surface area (Å²) in [6.45, 7) is 0. The molecule has 0 N–H and O–H groups in total. The van der Waals surface area contributed by atoms with E-state index < -0.39 is 0 Å². The van der Waals surface area contributed by atoms with Crippen molar-refractivity contribution in [1.29, 1.82) is 0 Å². The van der Waals surface area contributed by atoms with Crippen LogP contribution in [0.15, 0.2) is 0 Å². The Morgan fingerprint density at radius 1 is 0.310 bits per heavy atom. The molecule has 0 bridgehead atoms. The Hall–Kier alpha value is 0.230. The van der Waals surface area contributed by atoms with Gasteiger partial charge in [0.2, 0.25) is 0 Å². The number of thioether (sulfide) groups is 1. The number of nitrogens with zero attached hydrogens (tertiary/aromatic N) is 1. The molecule has 0 aromatic carbocycles. The second kappa shape index (κ2) is 17.3. The fraction of sp³-hybridized carbons (Fsp3) is 1.00. The van der Waals surface area contributed by atoms with Gasteiger partial charge in [-0.25, -0.2) is 0 Å². The largest absolute Gasteiger partial charge is 0.374 e. The molecule has 12 aliphatic rings. The summed E-state index contributed by atoms with van der Waals surface area (Å²) in [4.78, 5) is 3.36. The Bertz CT molecular complexity index is 1360. The maximum atomic E-state index is 7.54. The lowest BCUT2D eigenvalue weighted by molar-refractivity contribution is -0.0879. The van der Waals surface area contributed by atoms with Crippen LogP contribution in [-0.2, 0) is 9.47 Å². The number of hydrogen-bond donors (Lipinski definition) is 0. The quantitative estimate of drug-likeness (QED) is 0.266. The van der Waals surface area contributed by atoms with E-state index in [1.807, 2.05) is 0 Å². The summed E-state index contributed by atoms with van der Waals surface area (Å²) < 4.78 is 14.4. The molecule has 3 heterocycles. The molecule has 4 heteroatoms. The van der Waals surface area contributed by atoms with Crippen LogP contribution in [0.3, 0.4) is 0 Å². The summed E-state index contributed by atoms with van der Waals surface area (Å²) in [6, 6.07) is 2.64. The third kappa shape index (κ3) is 7.31. The minimum Gasteiger partial charge on any atom is -0.374 e. The van der Waals surface area contributed by atoms with E-state index in [-0.39, 0.29) is 0 Å². The van der Waals surface area contributed by atoms with Crippen LogP contribution in [-0.4, -0.2) is 57.9 Å². The summed E-state index contributed by atoms with van der Waals surface area (Å²) in [5.74, 6) is 11.4. The standard InChI is InChI=1S/C54H87NO2S/c1-2-10-34(11-3-1)35-20-26-38(27-21-35)55(40-30-24-37(25-31-40)42-15-9-17-46-43-12-5-7-19-50(43)58-54(42)46)39-28-22-36(23-29-39)41-14-8-16-44-45-32-33-49-51(53(45)57-52(41)44)47-13-4-6-18-48(47)56-49/h34-54H,1-33H2. The Morgan fingerprint density at radius 3 is 1.59 bits per heavy atom. The van der Waals surface area contributed by atoms with Gasteiger partial charge < -0.3 is 9.47 Å². The Morgan fingerprint density at radius 2 is 0.845 bits per heavy atom. The zero-order chi connectivity index (χ0) is 38.2. The third-order valence-corrected chi connectivity index (χ3v) is 23.9. The molecular weight excluding hydrogens is 727 g/mol. The molecule has 0 amide bonds. The first kappa shape index (κ1) is 39.8. The SMILES string of the molecule is C1CCC(C2CCC(N(C3CCC(C4CCCC5C6CCC7OC8CCCCC8C7C6OC45)CC3)C3CCC(C4CCCC5C6CCCCC6SC45)CC3)CC2)CC1. The van der Waals surface area contributed by atoms with Crippen LogP contribution < -0.4 is 0 Å². The maximum Gasteiger partial charge on any atom is 0.0667 e. The van der Waals surface area contributed by atoms with Crippen LogP contribution in [0.25, 0.3) is 0 Å². The molecule has 3 saturated heterocycles. The highest BCUT2D eigenvalue weighted by Crippen LogP contribution is 2.61. The monoisotopic (exact) mass is 814 g/mol. The van der Waals surface area contributed by atoms with Crippen molar-refractivity contribution in [3.63, 3.8) is 0 Å². The molecule has 326 valence electrons. The third-order valence-electron chi connectivity index (χ3n) is 22.0. The molecule has 12 fully saturated rings. The van der Waals surface area contributed by atoms with E-state index in [9.17, 15) is 0 Å². The first-order valence-electron chi connectivity index (χ1n) is 27.5. The van der Waals surface area contributed by atoms with Crippen molar-refractivity contribution in [2.45, 2.75) is 265 Å². The van der Waals surface area contributed by atoms with Crippen LogP contribution >= 0.6 is 11.8 Å². The molecule has 3 aliphatic heterocycles. The van der Waals surface area contributed by atoms with E-state index in [4.69, 9.17) is 9.47 Å². The molecule has 3 nitrogen and oxygen atoms in total. The summed E-state index contributed by atoms with van der Waals surface area (Å²) in [7, 11) is 0. The van der Waals surface area contributed by atoms with Gasteiger partial charge in [0, 0.05) is 34.5 Å². The van der Waals surface area contributed by atoms with E-state index >= 15 is 0 Å². The highest BCUT2D eigenvalue weighted by molar-refractivity contribution is 8.00. The van der Waals surface area contributed by atoms with E-state index in [1.165, 1.54) is 141 Å². The second-order valence-corrected chi connectivity index (χ2v) is 25.6. The van der Waals surface area contributed by atoms with Crippen molar-refractivity contribution < 1.29 is 9.47 Å². The van der Waals surface area contributed by atoms with Gasteiger partial charge in [-0.1, -0.05) is 70.6 Å². The summed E-state index contributed by atoms with van der Waals surface area (Å²) >= 11 is 2.55. The van der Waals surface area contributed by atoms with Gasteiger partial charge in [0.15, 0.2) is 0 Å². The van der Waals surface area contributed by atoms with Crippen molar-refractivity contribution >= 4 is 11.8 Å². The van der Waals surface area contributed by atoms with E-state index in [0.717, 1.165) is 99.6 Å². The summed E-state index contributed by atoms with van der Waals surface area (Å²) in [5, 5.41) is 2.08. The summed E-state index contributed by atoms with van der Waals surface area (Å²) in [6.07, 6.45) is 51.9. The first-order chi connectivity index (χ1) is 28.7. The molecule has 0 aromatic rings. The number of ether oxygens (including phenoxy) is 2. The molecule has 9 saturated carbocycles. The van der Waals surface area contributed by atoms with Crippen molar-refractivity contribution in [2.24, 2.45) is 71.0 Å². The first-order valence-corrected chi connectivity index (χ1v) is 28.4. The van der Waals surface area contributed by atoms with Crippen LogP contribution in [0.1, 0.15) is 212 Å². The zero-order valence-electron chi connectivity index (χ0n) is 37.1. The Labute approximate surface area is 360 Å². The van der Waals surface area contributed by atoms with Crippen molar-refractivity contribution in [1.82, 2.24) is 4.90 Å². The average Bonchev–Trinajstić information content (AvgIpc) is 3.99. The molecule has 0 radical (unpaired) electrons. The van der Waals surface area contributed by atoms with Gasteiger partial charge in [-0.15, -0.1) is 0 Å². The second-order valence-electron chi connectivity index (χ2n) is 24.2. The minimum absolute atomic E-state index is 0.521. The van der Waals surface area contributed by atoms with E-state index in [1.54, 1.807) is 70.6 Å². The summed E-state index contributed by atoms with van der Waals surface area (Å²) in [5.41, 5.74) is 0. The molecule has 0 spiro atoms. The van der Waals surface area contributed by atoms with Gasteiger partial charge in [0.1, 0.15) is 0 Å². The van der Waals surface area contributed by atoms with Crippen LogP contribution in [0.4, 0.5) is 0 Å².